The topological polar surface area (TPSA) is 61.7 Å². The van der Waals surface area contributed by atoms with Gasteiger partial charge in [-0.25, -0.2) is 0 Å². The molecule has 4 nitrogen and oxygen atoms in total. The number of amidine groups is 1. The van der Waals surface area contributed by atoms with Gasteiger partial charge in [0.2, 0.25) is 0 Å². The summed E-state index contributed by atoms with van der Waals surface area (Å²) in [5.74, 6) is -0.816. The summed E-state index contributed by atoms with van der Waals surface area (Å²) in [5.41, 5.74) is 0.922. The van der Waals surface area contributed by atoms with E-state index < -0.39 is 5.97 Å². The van der Waals surface area contributed by atoms with E-state index in [0.717, 1.165) is 25.1 Å². The first kappa shape index (κ1) is 14.6. The van der Waals surface area contributed by atoms with Crippen molar-refractivity contribution in [2.24, 2.45) is 4.99 Å². The number of hydrogen-bond donors (Lipinski definition) is 2. The minimum atomic E-state index is -0.835. The van der Waals surface area contributed by atoms with Crippen LogP contribution >= 0.6 is 11.8 Å². The van der Waals surface area contributed by atoms with Gasteiger partial charge in [0.05, 0.1) is 5.75 Å². The van der Waals surface area contributed by atoms with Gasteiger partial charge < -0.3 is 10.4 Å². The highest BCUT2D eigenvalue weighted by atomic mass is 32.2. The van der Waals surface area contributed by atoms with Crippen molar-refractivity contribution >= 4 is 28.6 Å². The number of carboxylic acids is 1. The maximum Gasteiger partial charge on any atom is 0.313 e. The van der Waals surface area contributed by atoms with Crippen LogP contribution in [0.25, 0.3) is 0 Å². The molecule has 0 aliphatic carbocycles. The molecule has 0 fully saturated rings. The number of unbranched alkanes of at least 4 members (excludes halogenated alkanes) is 1. The molecule has 5 heteroatoms. The van der Waals surface area contributed by atoms with E-state index in [2.05, 4.69) is 17.2 Å². The molecule has 0 aromatic heterocycles. The van der Waals surface area contributed by atoms with Gasteiger partial charge in [-0.15, -0.1) is 0 Å². The number of rotatable bonds is 6. The number of para-hydroxylation sites is 1. The van der Waals surface area contributed by atoms with E-state index >= 15 is 0 Å². The fourth-order valence-corrected chi connectivity index (χ4v) is 1.87. The molecule has 1 rings (SSSR count). The molecule has 0 heterocycles. The average Bonchev–Trinajstić information content (AvgIpc) is 2.37. The molecule has 0 radical (unpaired) electrons. The van der Waals surface area contributed by atoms with Crippen molar-refractivity contribution in [1.82, 2.24) is 0 Å². The summed E-state index contributed by atoms with van der Waals surface area (Å²) in [7, 11) is 0. The first-order valence-electron chi connectivity index (χ1n) is 5.93. The molecule has 0 amide bonds. The highest BCUT2D eigenvalue weighted by molar-refractivity contribution is 8.14. The number of hydrogen-bond acceptors (Lipinski definition) is 3. The molecule has 1 aromatic carbocycles. The van der Waals surface area contributed by atoms with Gasteiger partial charge in [0.1, 0.15) is 0 Å². The maximum absolute atomic E-state index is 10.6. The number of carboxylic acid groups (broad SMARTS) is 1. The zero-order chi connectivity index (χ0) is 13.2. The molecule has 0 saturated carbocycles. The first-order valence-corrected chi connectivity index (χ1v) is 6.92. The first-order chi connectivity index (χ1) is 8.72. The summed E-state index contributed by atoms with van der Waals surface area (Å²) in [5, 5.41) is 12.5. The Morgan fingerprint density at radius 3 is 2.72 bits per heavy atom. The largest absolute Gasteiger partial charge is 0.481 e. The van der Waals surface area contributed by atoms with Crippen molar-refractivity contribution in [3.8, 4) is 0 Å². The highest BCUT2D eigenvalue weighted by Gasteiger charge is 2.04. The number of benzene rings is 1. The number of nitrogens with one attached hydrogen (secondary N) is 1. The Balaban J connectivity index is 2.59. The summed E-state index contributed by atoms with van der Waals surface area (Å²) in [4.78, 5) is 15.0. The third-order valence-electron chi connectivity index (χ3n) is 2.12. The molecule has 0 aliphatic rings. The summed E-state index contributed by atoms with van der Waals surface area (Å²) in [6.07, 6.45) is 2.08. The van der Waals surface area contributed by atoms with Gasteiger partial charge in [0, 0.05) is 12.2 Å². The second-order valence-corrected chi connectivity index (χ2v) is 4.68. The normalized spacial score (nSPS) is 11.3. The quantitative estimate of drug-likeness (QED) is 0.472. The Bertz CT molecular complexity index is 393. The van der Waals surface area contributed by atoms with Crippen LogP contribution in [0, 0.1) is 0 Å². The van der Waals surface area contributed by atoms with Crippen molar-refractivity contribution < 1.29 is 9.90 Å². The molecule has 0 unspecified atom stereocenters. The summed E-state index contributed by atoms with van der Waals surface area (Å²) >= 11 is 1.21. The van der Waals surface area contributed by atoms with Gasteiger partial charge in [0.15, 0.2) is 5.17 Å². The lowest BCUT2D eigenvalue weighted by Gasteiger charge is -2.08. The minimum absolute atomic E-state index is 0.0186. The summed E-state index contributed by atoms with van der Waals surface area (Å²) in [6.45, 7) is 2.82. The van der Waals surface area contributed by atoms with Crippen LogP contribution in [-0.2, 0) is 4.79 Å². The lowest BCUT2D eigenvalue weighted by atomic mass is 10.3. The van der Waals surface area contributed by atoms with E-state index in [9.17, 15) is 4.79 Å². The van der Waals surface area contributed by atoms with Gasteiger partial charge in [-0.05, 0) is 18.6 Å². The minimum Gasteiger partial charge on any atom is -0.481 e. The van der Waals surface area contributed by atoms with Gasteiger partial charge in [-0.2, -0.15) is 0 Å². The van der Waals surface area contributed by atoms with Crippen molar-refractivity contribution in [3.63, 3.8) is 0 Å². The van der Waals surface area contributed by atoms with E-state index in [-0.39, 0.29) is 5.75 Å². The van der Waals surface area contributed by atoms with Crippen LogP contribution in [0.4, 0.5) is 5.69 Å². The molecule has 0 saturated heterocycles. The number of thioether (sulfide) groups is 1. The van der Waals surface area contributed by atoms with Crippen molar-refractivity contribution in [2.45, 2.75) is 19.8 Å². The van der Waals surface area contributed by atoms with Crippen LogP contribution in [0.3, 0.4) is 0 Å². The monoisotopic (exact) mass is 266 g/mol. The molecule has 1 aromatic rings. The van der Waals surface area contributed by atoms with Crippen LogP contribution in [0.1, 0.15) is 19.8 Å². The molecule has 2 N–H and O–H groups in total. The molecule has 0 spiro atoms. The smallest absolute Gasteiger partial charge is 0.313 e. The third-order valence-corrected chi connectivity index (χ3v) is 3.02. The predicted molar refractivity (Wildman–Crippen MR) is 77.4 cm³/mol. The average molecular weight is 266 g/mol. The standard InChI is InChI=1S/C13H18N2O2S/c1-2-3-9-14-13(18-10-12(16)17)15-11-7-5-4-6-8-11/h4-8H,2-3,9-10H2,1H3,(H,14,15)(H,16,17). The maximum atomic E-state index is 10.6. The second kappa shape index (κ2) is 8.58. The fourth-order valence-electron chi connectivity index (χ4n) is 1.24. The lowest BCUT2D eigenvalue weighted by molar-refractivity contribution is -0.133. The van der Waals surface area contributed by atoms with Crippen molar-refractivity contribution in [3.05, 3.63) is 30.3 Å². The van der Waals surface area contributed by atoms with Gasteiger partial charge in [-0.3, -0.25) is 9.79 Å². The molecular weight excluding hydrogens is 248 g/mol. The summed E-state index contributed by atoms with van der Waals surface area (Å²) < 4.78 is 0. The van der Waals surface area contributed by atoms with E-state index in [0.29, 0.717) is 5.17 Å². The zero-order valence-electron chi connectivity index (χ0n) is 10.4. The van der Waals surface area contributed by atoms with E-state index in [4.69, 9.17) is 5.11 Å². The van der Waals surface area contributed by atoms with E-state index in [1.54, 1.807) is 0 Å². The zero-order valence-corrected chi connectivity index (χ0v) is 11.2. The number of anilines is 1. The number of aliphatic imine (C=N–C) groups is 1. The molecule has 18 heavy (non-hydrogen) atoms. The Hall–Kier alpha value is -1.49. The van der Waals surface area contributed by atoms with Gasteiger partial charge >= 0.3 is 5.97 Å². The Morgan fingerprint density at radius 2 is 2.11 bits per heavy atom. The third kappa shape index (κ3) is 6.30. The number of nitrogens with zero attached hydrogens (tertiary/aromatic N) is 1. The lowest BCUT2D eigenvalue weighted by Crippen LogP contribution is -2.12. The van der Waals surface area contributed by atoms with Crippen LogP contribution in [0.5, 0.6) is 0 Å². The van der Waals surface area contributed by atoms with E-state index in [1.807, 2.05) is 30.3 Å². The Morgan fingerprint density at radius 1 is 1.39 bits per heavy atom. The summed E-state index contributed by atoms with van der Waals surface area (Å²) in [6, 6.07) is 9.64. The predicted octanol–water partition coefficient (Wildman–Crippen LogP) is 3.07. The second-order valence-electron chi connectivity index (χ2n) is 3.71. The Labute approximate surface area is 112 Å². The van der Waals surface area contributed by atoms with Crippen LogP contribution in [0.2, 0.25) is 0 Å². The Kier molecular flexibility index (Phi) is 6.94. The van der Waals surface area contributed by atoms with Gasteiger partial charge in [-0.1, -0.05) is 43.3 Å². The van der Waals surface area contributed by atoms with Crippen LogP contribution in [0.15, 0.2) is 35.3 Å². The van der Waals surface area contributed by atoms with E-state index in [1.165, 1.54) is 11.8 Å². The molecular formula is C13H18N2O2S. The highest BCUT2D eigenvalue weighted by Crippen LogP contribution is 2.11. The number of carbonyl (C=O) groups is 1. The fraction of sp³-hybridized carbons (Fsp3) is 0.385. The molecule has 0 atom stereocenters. The molecule has 0 aliphatic heterocycles. The van der Waals surface area contributed by atoms with Crippen molar-refractivity contribution in [1.29, 1.82) is 0 Å². The van der Waals surface area contributed by atoms with Crippen LogP contribution < -0.4 is 5.32 Å². The SMILES string of the molecule is CCCCN=C(Nc1ccccc1)SCC(=O)O. The van der Waals surface area contributed by atoms with Crippen molar-refractivity contribution in [2.75, 3.05) is 17.6 Å². The number of aliphatic carboxylic acids is 1. The van der Waals surface area contributed by atoms with Crippen LogP contribution in [-0.4, -0.2) is 28.5 Å². The van der Waals surface area contributed by atoms with Gasteiger partial charge in [0.25, 0.3) is 0 Å². The molecule has 98 valence electrons. The molecule has 0 bridgehead atoms.